The summed E-state index contributed by atoms with van der Waals surface area (Å²) in [7, 11) is 1.62. The fraction of sp³-hybridized carbons (Fsp3) is 0.600. The Labute approximate surface area is 167 Å². The molecular formula is C20H33N5O3. The lowest BCUT2D eigenvalue weighted by Crippen LogP contribution is -2.54. The zero-order valence-corrected chi connectivity index (χ0v) is 17.0. The van der Waals surface area contributed by atoms with Gasteiger partial charge in [-0.3, -0.25) is 14.7 Å². The zero-order valence-electron chi connectivity index (χ0n) is 17.0. The standard InChI is InChI=1S/C20H33N5O3/c1-3-21-20(23-8-7-17-5-4-6-18(26)15-17)25-12-10-24(11-13-25)16-19(27)22-9-14-28-2/h4-6,15,26H,3,7-14,16H2,1-2H3,(H,21,23)(H,22,27). The van der Waals surface area contributed by atoms with E-state index < -0.39 is 0 Å². The predicted molar refractivity (Wildman–Crippen MR) is 111 cm³/mol. The summed E-state index contributed by atoms with van der Waals surface area (Å²) in [5.74, 6) is 1.24. The molecule has 0 atom stereocenters. The number of ether oxygens (including phenoxy) is 1. The van der Waals surface area contributed by atoms with Gasteiger partial charge in [-0.25, -0.2) is 0 Å². The molecular weight excluding hydrogens is 358 g/mol. The highest BCUT2D eigenvalue weighted by atomic mass is 16.5. The van der Waals surface area contributed by atoms with Gasteiger partial charge >= 0.3 is 0 Å². The molecule has 8 heteroatoms. The van der Waals surface area contributed by atoms with Crippen LogP contribution in [0.5, 0.6) is 5.75 Å². The van der Waals surface area contributed by atoms with Gasteiger partial charge in [0.2, 0.25) is 5.91 Å². The van der Waals surface area contributed by atoms with Crippen molar-refractivity contribution in [3.63, 3.8) is 0 Å². The van der Waals surface area contributed by atoms with Crippen molar-refractivity contribution in [1.82, 2.24) is 20.4 Å². The van der Waals surface area contributed by atoms with Crippen LogP contribution in [0.15, 0.2) is 29.3 Å². The first-order chi connectivity index (χ1) is 13.6. The summed E-state index contributed by atoms with van der Waals surface area (Å²) in [6.45, 7) is 8.36. The van der Waals surface area contributed by atoms with Crippen LogP contribution in [0.4, 0.5) is 0 Å². The van der Waals surface area contributed by atoms with Crippen LogP contribution in [0.1, 0.15) is 12.5 Å². The minimum absolute atomic E-state index is 0.0391. The van der Waals surface area contributed by atoms with Gasteiger partial charge in [0, 0.05) is 52.9 Å². The van der Waals surface area contributed by atoms with Crippen LogP contribution >= 0.6 is 0 Å². The summed E-state index contributed by atoms with van der Waals surface area (Å²) in [6, 6.07) is 7.30. The maximum absolute atomic E-state index is 11.9. The Morgan fingerprint density at radius 3 is 2.71 bits per heavy atom. The quantitative estimate of drug-likeness (QED) is 0.318. The summed E-state index contributed by atoms with van der Waals surface area (Å²) in [5.41, 5.74) is 1.07. The number of guanidine groups is 1. The molecule has 0 aliphatic carbocycles. The third-order valence-electron chi connectivity index (χ3n) is 4.57. The smallest absolute Gasteiger partial charge is 0.234 e. The minimum Gasteiger partial charge on any atom is -0.508 e. The van der Waals surface area contributed by atoms with Crippen molar-refractivity contribution >= 4 is 11.9 Å². The van der Waals surface area contributed by atoms with Gasteiger partial charge < -0.3 is 25.4 Å². The fourth-order valence-corrected chi connectivity index (χ4v) is 3.10. The molecule has 1 aliphatic rings. The maximum atomic E-state index is 11.9. The molecule has 1 aromatic carbocycles. The van der Waals surface area contributed by atoms with Gasteiger partial charge in [0.05, 0.1) is 13.2 Å². The number of nitrogens with zero attached hydrogens (tertiary/aromatic N) is 3. The van der Waals surface area contributed by atoms with E-state index in [0.717, 1.165) is 50.7 Å². The van der Waals surface area contributed by atoms with E-state index in [2.05, 4.69) is 27.4 Å². The number of methoxy groups -OCH3 is 1. The monoisotopic (exact) mass is 391 g/mol. The van der Waals surface area contributed by atoms with Gasteiger partial charge in [-0.1, -0.05) is 12.1 Å². The van der Waals surface area contributed by atoms with E-state index in [-0.39, 0.29) is 11.7 Å². The van der Waals surface area contributed by atoms with Crippen molar-refractivity contribution in [1.29, 1.82) is 0 Å². The largest absolute Gasteiger partial charge is 0.508 e. The minimum atomic E-state index is 0.0391. The van der Waals surface area contributed by atoms with Crippen molar-refractivity contribution in [2.24, 2.45) is 4.99 Å². The number of piperazine rings is 1. The molecule has 2 rings (SSSR count). The van der Waals surface area contributed by atoms with Crippen LogP contribution < -0.4 is 10.6 Å². The van der Waals surface area contributed by atoms with Gasteiger partial charge in [0.25, 0.3) is 0 Å². The number of hydrogen-bond donors (Lipinski definition) is 3. The fourth-order valence-electron chi connectivity index (χ4n) is 3.10. The van der Waals surface area contributed by atoms with Crippen molar-refractivity contribution in [3.05, 3.63) is 29.8 Å². The highest BCUT2D eigenvalue weighted by Gasteiger charge is 2.21. The number of aromatic hydroxyl groups is 1. The number of nitrogens with one attached hydrogen (secondary N) is 2. The molecule has 8 nitrogen and oxygen atoms in total. The third-order valence-corrected chi connectivity index (χ3v) is 4.57. The first-order valence-electron chi connectivity index (χ1n) is 9.91. The van der Waals surface area contributed by atoms with E-state index in [4.69, 9.17) is 9.73 Å². The number of carbonyl (C=O) groups is 1. The Bertz CT molecular complexity index is 630. The van der Waals surface area contributed by atoms with Crippen LogP contribution in [0.25, 0.3) is 0 Å². The Balaban J connectivity index is 1.79. The molecule has 1 fully saturated rings. The number of phenolic OH excluding ortho intramolecular Hbond substituents is 1. The summed E-state index contributed by atoms with van der Waals surface area (Å²) in [5, 5.41) is 15.8. The number of benzene rings is 1. The zero-order chi connectivity index (χ0) is 20.2. The molecule has 0 radical (unpaired) electrons. The van der Waals surface area contributed by atoms with Crippen LogP contribution in [-0.2, 0) is 16.0 Å². The lowest BCUT2D eigenvalue weighted by atomic mass is 10.1. The van der Waals surface area contributed by atoms with E-state index in [9.17, 15) is 9.90 Å². The van der Waals surface area contributed by atoms with E-state index >= 15 is 0 Å². The molecule has 156 valence electrons. The number of aliphatic imine (C=N–C) groups is 1. The maximum Gasteiger partial charge on any atom is 0.234 e. The Kier molecular flexibility index (Phi) is 9.57. The van der Waals surface area contributed by atoms with Crippen LogP contribution in [0.3, 0.4) is 0 Å². The summed E-state index contributed by atoms with van der Waals surface area (Å²) < 4.78 is 4.94. The number of carbonyl (C=O) groups excluding carboxylic acids is 1. The van der Waals surface area contributed by atoms with E-state index in [1.807, 2.05) is 12.1 Å². The highest BCUT2D eigenvalue weighted by molar-refractivity contribution is 5.80. The number of phenols is 1. The van der Waals surface area contributed by atoms with Crippen molar-refractivity contribution in [3.8, 4) is 5.75 Å². The molecule has 1 saturated heterocycles. The number of rotatable bonds is 9. The van der Waals surface area contributed by atoms with Gasteiger partial charge in [-0.2, -0.15) is 0 Å². The molecule has 1 amide bonds. The highest BCUT2D eigenvalue weighted by Crippen LogP contribution is 2.11. The second kappa shape index (κ2) is 12.2. The SMILES string of the molecule is CCNC(=NCCc1cccc(O)c1)N1CCN(CC(=O)NCCOC)CC1. The normalized spacial score (nSPS) is 15.5. The molecule has 1 aliphatic heterocycles. The molecule has 0 unspecified atom stereocenters. The molecule has 0 bridgehead atoms. The Morgan fingerprint density at radius 1 is 1.25 bits per heavy atom. The van der Waals surface area contributed by atoms with Crippen molar-refractivity contribution in [2.45, 2.75) is 13.3 Å². The predicted octanol–water partition coefficient (Wildman–Crippen LogP) is 0.280. The summed E-state index contributed by atoms with van der Waals surface area (Å²) >= 11 is 0. The first-order valence-corrected chi connectivity index (χ1v) is 9.91. The lowest BCUT2D eigenvalue weighted by molar-refractivity contribution is -0.122. The number of hydrogen-bond acceptors (Lipinski definition) is 5. The number of amides is 1. The topological polar surface area (TPSA) is 89.4 Å². The van der Waals surface area contributed by atoms with Crippen LogP contribution in [0.2, 0.25) is 0 Å². The average Bonchev–Trinajstić information content (AvgIpc) is 2.68. The molecule has 0 saturated carbocycles. The van der Waals surface area contributed by atoms with Gasteiger partial charge in [-0.05, 0) is 31.0 Å². The van der Waals surface area contributed by atoms with Crippen LogP contribution in [0, 0.1) is 0 Å². The lowest BCUT2D eigenvalue weighted by Gasteiger charge is -2.36. The Hall–Kier alpha value is -2.32. The molecule has 1 heterocycles. The van der Waals surface area contributed by atoms with Crippen LogP contribution in [-0.4, -0.2) is 92.8 Å². The Morgan fingerprint density at radius 2 is 2.04 bits per heavy atom. The van der Waals surface area contributed by atoms with E-state index in [0.29, 0.717) is 26.2 Å². The average molecular weight is 392 g/mol. The third kappa shape index (κ3) is 7.74. The van der Waals surface area contributed by atoms with Crippen molar-refractivity contribution in [2.75, 3.05) is 66.1 Å². The molecule has 0 spiro atoms. The molecule has 28 heavy (non-hydrogen) atoms. The van der Waals surface area contributed by atoms with E-state index in [1.54, 1.807) is 19.2 Å². The van der Waals surface area contributed by atoms with E-state index in [1.165, 1.54) is 0 Å². The molecule has 1 aromatic rings. The van der Waals surface area contributed by atoms with Gasteiger partial charge in [0.15, 0.2) is 5.96 Å². The van der Waals surface area contributed by atoms with Gasteiger partial charge in [-0.15, -0.1) is 0 Å². The summed E-state index contributed by atoms with van der Waals surface area (Å²) in [4.78, 5) is 21.1. The van der Waals surface area contributed by atoms with Gasteiger partial charge in [0.1, 0.15) is 5.75 Å². The molecule has 3 N–H and O–H groups in total. The summed E-state index contributed by atoms with van der Waals surface area (Å²) in [6.07, 6.45) is 0.783. The molecule has 0 aromatic heterocycles. The van der Waals surface area contributed by atoms with Crippen molar-refractivity contribution < 1.29 is 14.6 Å². The first kappa shape index (κ1) is 22.0. The second-order valence-corrected chi connectivity index (χ2v) is 6.76. The second-order valence-electron chi connectivity index (χ2n) is 6.76.